The number of carbonyl (C=O) groups is 3. The van der Waals surface area contributed by atoms with E-state index in [0.29, 0.717) is 5.69 Å². The van der Waals surface area contributed by atoms with Crippen LogP contribution in [0.3, 0.4) is 0 Å². The number of hydrogen-bond donors (Lipinski definition) is 1. The minimum atomic E-state index is -0.874. The number of amides is 4. The van der Waals surface area contributed by atoms with Crippen molar-refractivity contribution in [3.63, 3.8) is 0 Å². The summed E-state index contributed by atoms with van der Waals surface area (Å²) in [5.74, 6) is -1.44. The topological polar surface area (TPSA) is 123 Å². The number of nitrogens with zero attached hydrogens (tertiary/aromatic N) is 2. The molecule has 0 unspecified atom stereocenters. The lowest BCUT2D eigenvalue weighted by Gasteiger charge is -2.26. The van der Waals surface area contributed by atoms with E-state index in [2.05, 4.69) is 5.32 Å². The molecule has 1 aliphatic heterocycles. The van der Waals surface area contributed by atoms with Crippen LogP contribution in [-0.4, -0.2) is 22.8 Å². The lowest BCUT2D eigenvalue weighted by atomic mass is 10.1. The lowest BCUT2D eigenvalue weighted by molar-refractivity contribution is -0.384. The van der Waals surface area contributed by atoms with E-state index in [9.17, 15) is 24.5 Å². The second-order valence-electron chi connectivity index (χ2n) is 7.42. The molecule has 4 rings (SSSR count). The molecule has 1 saturated heterocycles. The number of barbiturate groups is 1. The van der Waals surface area contributed by atoms with Crippen molar-refractivity contribution >= 4 is 46.9 Å². The highest BCUT2D eigenvalue weighted by atomic mass is 35.5. The predicted molar refractivity (Wildman–Crippen MR) is 121 cm³/mol. The number of rotatable bonds is 4. The lowest BCUT2D eigenvalue weighted by Crippen LogP contribution is -2.54. The van der Waals surface area contributed by atoms with E-state index < -0.39 is 22.8 Å². The smallest absolute Gasteiger partial charge is 0.335 e. The summed E-state index contributed by atoms with van der Waals surface area (Å²) in [4.78, 5) is 49.5. The summed E-state index contributed by atoms with van der Waals surface area (Å²) in [5, 5.41) is 13.7. The van der Waals surface area contributed by atoms with Crippen molar-refractivity contribution in [3.05, 3.63) is 86.1 Å². The van der Waals surface area contributed by atoms with Gasteiger partial charge >= 0.3 is 6.03 Å². The number of nitro groups is 1. The Morgan fingerprint density at radius 2 is 1.73 bits per heavy atom. The van der Waals surface area contributed by atoms with Crippen LogP contribution in [-0.2, 0) is 9.59 Å². The molecule has 3 aromatic rings. The van der Waals surface area contributed by atoms with E-state index in [0.717, 1.165) is 16.0 Å². The fraction of sp³-hybridized carbons (Fsp3) is 0.0870. The molecule has 0 radical (unpaired) electrons. The van der Waals surface area contributed by atoms with Crippen molar-refractivity contribution in [2.75, 3.05) is 4.90 Å². The van der Waals surface area contributed by atoms with Gasteiger partial charge in [-0.05, 0) is 67.4 Å². The van der Waals surface area contributed by atoms with Gasteiger partial charge in [-0.1, -0.05) is 17.7 Å². The first kappa shape index (κ1) is 22.0. The highest BCUT2D eigenvalue weighted by molar-refractivity contribution is 6.39. The Kier molecular flexibility index (Phi) is 5.57. The molecular formula is C23H16ClN3O6. The quantitative estimate of drug-likeness (QED) is 0.256. The Bertz CT molecular complexity index is 1350. The normalized spacial score (nSPS) is 15.2. The van der Waals surface area contributed by atoms with Crippen LogP contribution in [0, 0.1) is 24.0 Å². The van der Waals surface area contributed by atoms with Gasteiger partial charge in [0, 0.05) is 11.1 Å². The molecule has 0 spiro atoms. The third kappa shape index (κ3) is 4.26. The van der Waals surface area contributed by atoms with E-state index >= 15 is 0 Å². The first-order valence-corrected chi connectivity index (χ1v) is 10.1. The molecule has 10 heteroatoms. The second kappa shape index (κ2) is 8.36. The molecule has 0 aliphatic carbocycles. The van der Waals surface area contributed by atoms with Gasteiger partial charge in [-0.3, -0.25) is 25.0 Å². The van der Waals surface area contributed by atoms with E-state index in [4.69, 9.17) is 16.0 Å². The molecule has 2 heterocycles. The molecule has 1 fully saturated rings. The van der Waals surface area contributed by atoms with Crippen molar-refractivity contribution in [2.45, 2.75) is 13.8 Å². The van der Waals surface area contributed by atoms with Crippen molar-refractivity contribution in [1.82, 2.24) is 5.32 Å². The van der Waals surface area contributed by atoms with Crippen LogP contribution in [0.1, 0.15) is 16.9 Å². The molecule has 0 bridgehead atoms. The minimum absolute atomic E-state index is 0.0995. The molecule has 4 amide bonds. The van der Waals surface area contributed by atoms with Crippen LogP contribution in [0.4, 0.5) is 16.2 Å². The third-order valence-corrected chi connectivity index (χ3v) is 5.14. The zero-order valence-corrected chi connectivity index (χ0v) is 18.2. The largest absolute Gasteiger partial charge is 0.456 e. The molecule has 166 valence electrons. The van der Waals surface area contributed by atoms with Gasteiger partial charge in [0.15, 0.2) is 0 Å². The van der Waals surface area contributed by atoms with Gasteiger partial charge in [0.25, 0.3) is 17.5 Å². The summed E-state index contributed by atoms with van der Waals surface area (Å²) in [7, 11) is 0. The number of aryl methyl sites for hydroxylation is 2. The predicted octanol–water partition coefficient (Wildman–Crippen LogP) is 4.79. The van der Waals surface area contributed by atoms with Gasteiger partial charge < -0.3 is 4.42 Å². The summed E-state index contributed by atoms with van der Waals surface area (Å²) in [6.07, 6.45) is 1.19. The van der Waals surface area contributed by atoms with Crippen LogP contribution >= 0.6 is 11.6 Å². The summed E-state index contributed by atoms with van der Waals surface area (Å²) >= 11 is 5.85. The van der Waals surface area contributed by atoms with Crippen LogP contribution in [0.15, 0.2) is 58.5 Å². The number of benzene rings is 2. The van der Waals surface area contributed by atoms with Crippen molar-refractivity contribution in [1.29, 1.82) is 0 Å². The van der Waals surface area contributed by atoms with Crippen LogP contribution in [0.2, 0.25) is 5.02 Å². The van der Waals surface area contributed by atoms with Gasteiger partial charge in [0.1, 0.15) is 17.1 Å². The number of nitro benzene ring substituents is 1. The van der Waals surface area contributed by atoms with Gasteiger partial charge in [0.05, 0.1) is 16.2 Å². The molecule has 1 N–H and O–H groups in total. The third-order valence-electron chi connectivity index (χ3n) is 4.90. The Labute approximate surface area is 192 Å². The SMILES string of the molecule is Cc1cc(C)cc(N2C(=O)NC(=O)/C(=C\c3ccc(-c4ccc(Cl)cc4[N+](=O)[O-])o3)C2=O)c1. The number of carbonyl (C=O) groups excluding carboxylic acids is 3. The summed E-state index contributed by atoms with van der Waals surface area (Å²) in [5.41, 5.74) is 1.61. The first-order chi connectivity index (χ1) is 15.6. The Hall–Kier alpha value is -4.24. The van der Waals surface area contributed by atoms with Crippen molar-refractivity contribution in [2.24, 2.45) is 0 Å². The summed E-state index contributed by atoms with van der Waals surface area (Å²) in [6.45, 7) is 3.65. The number of furan rings is 1. The zero-order valence-electron chi connectivity index (χ0n) is 17.4. The highest BCUT2D eigenvalue weighted by Gasteiger charge is 2.37. The molecule has 33 heavy (non-hydrogen) atoms. The number of hydrogen-bond acceptors (Lipinski definition) is 6. The maximum Gasteiger partial charge on any atom is 0.335 e. The van der Waals surface area contributed by atoms with E-state index in [-0.39, 0.29) is 33.4 Å². The van der Waals surface area contributed by atoms with Gasteiger partial charge in [-0.2, -0.15) is 0 Å². The highest BCUT2D eigenvalue weighted by Crippen LogP contribution is 2.34. The van der Waals surface area contributed by atoms with Gasteiger partial charge in [-0.25, -0.2) is 9.69 Å². The first-order valence-electron chi connectivity index (χ1n) is 9.68. The number of urea groups is 1. The van der Waals surface area contributed by atoms with E-state index in [1.807, 2.05) is 19.9 Å². The summed E-state index contributed by atoms with van der Waals surface area (Å²) in [6, 6.07) is 11.4. The minimum Gasteiger partial charge on any atom is -0.456 e. The molecule has 0 atom stereocenters. The fourth-order valence-electron chi connectivity index (χ4n) is 3.55. The van der Waals surface area contributed by atoms with E-state index in [1.165, 1.54) is 36.4 Å². The van der Waals surface area contributed by atoms with Crippen molar-refractivity contribution in [3.8, 4) is 11.3 Å². The average Bonchev–Trinajstić information content (AvgIpc) is 3.18. The maximum absolute atomic E-state index is 13.1. The van der Waals surface area contributed by atoms with Crippen molar-refractivity contribution < 1.29 is 23.7 Å². The van der Waals surface area contributed by atoms with Crippen LogP contribution in [0.25, 0.3) is 17.4 Å². The standard InChI is InChI=1S/C23H16ClN3O6/c1-12-7-13(2)9-15(8-12)26-22(29)18(21(28)25-23(26)30)11-16-4-6-20(33-16)17-5-3-14(24)10-19(17)27(31)32/h3-11H,1-2H3,(H,25,28,30)/b18-11+. The molecule has 2 aromatic carbocycles. The molecule has 0 saturated carbocycles. The van der Waals surface area contributed by atoms with Crippen LogP contribution in [0.5, 0.6) is 0 Å². The number of imide groups is 2. The molecular weight excluding hydrogens is 450 g/mol. The zero-order chi connectivity index (χ0) is 23.9. The van der Waals surface area contributed by atoms with Gasteiger partial charge in [-0.15, -0.1) is 0 Å². The fourth-order valence-corrected chi connectivity index (χ4v) is 3.72. The second-order valence-corrected chi connectivity index (χ2v) is 7.86. The maximum atomic E-state index is 13.1. The monoisotopic (exact) mass is 465 g/mol. The molecule has 1 aliphatic rings. The van der Waals surface area contributed by atoms with Gasteiger partial charge in [0.2, 0.25) is 0 Å². The average molecular weight is 466 g/mol. The summed E-state index contributed by atoms with van der Waals surface area (Å²) < 4.78 is 5.65. The Morgan fingerprint density at radius 3 is 2.39 bits per heavy atom. The number of nitrogens with one attached hydrogen (secondary N) is 1. The van der Waals surface area contributed by atoms with Crippen LogP contribution < -0.4 is 10.2 Å². The Morgan fingerprint density at radius 1 is 1.03 bits per heavy atom. The van der Waals surface area contributed by atoms with E-state index in [1.54, 1.807) is 12.1 Å². The number of anilines is 1. The molecule has 1 aromatic heterocycles. The molecule has 9 nitrogen and oxygen atoms in total. The number of halogens is 1. The Balaban J connectivity index is 1.72.